The number of hydrogen-bond donors (Lipinski definition) is 1. The molecular formula is C18H23NO5. The third-order valence-corrected chi connectivity index (χ3v) is 3.55. The van der Waals surface area contributed by atoms with Crippen LogP contribution in [0.15, 0.2) is 28.7 Å². The van der Waals surface area contributed by atoms with E-state index in [1.165, 1.54) is 0 Å². The van der Waals surface area contributed by atoms with Gasteiger partial charge in [-0.15, -0.1) is 0 Å². The molecule has 1 N–H and O–H groups in total. The van der Waals surface area contributed by atoms with Gasteiger partial charge in [0.05, 0.1) is 6.61 Å². The van der Waals surface area contributed by atoms with Gasteiger partial charge in [0.15, 0.2) is 6.61 Å². The van der Waals surface area contributed by atoms with Crippen LogP contribution in [-0.2, 0) is 20.9 Å². The second kappa shape index (κ2) is 8.49. The molecule has 1 aromatic heterocycles. The first-order valence-corrected chi connectivity index (χ1v) is 7.96. The normalized spacial score (nSPS) is 11.0. The summed E-state index contributed by atoms with van der Waals surface area (Å²) in [5.41, 5.74) is 1.20. The van der Waals surface area contributed by atoms with Crippen molar-refractivity contribution in [1.82, 2.24) is 5.32 Å². The predicted molar refractivity (Wildman–Crippen MR) is 89.7 cm³/mol. The largest absolute Gasteiger partial charge is 0.450 e. The maximum atomic E-state index is 12.2. The highest BCUT2D eigenvalue weighted by molar-refractivity contribution is 5.96. The summed E-state index contributed by atoms with van der Waals surface area (Å²) in [6, 6.07) is 7.29. The number of nitrogens with one attached hydrogen (secondary N) is 1. The Labute approximate surface area is 141 Å². The van der Waals surface area contributed by atoms with Crippen LogP contribution >= 0.6 is 0 Å². The highest BCUT2D eigenvalue weighted by atomic mass is 16.5. The van der Waals surface area contributed by atoms with Crippen LogP contribution in [0.5, 0.6) is 0 Å². The average Bonchev–Trinajstić information content (AvgIpc) is 2.92. The zero-order valence-corrected chi connectivity index (χ0v) is 14.3. The molecule has 0 aliphatic rings. The third-order valence-electron chi connectivity index (χ3n) is 3.55. The summed E-state index contributed by atoms with van der Waals surface area (Å²) in [5, 5.41) is 3.51. The molecule has 0 saturated carbocycles. The van der Waals surface area contributed by atoms with E-state index in [1.54, 1.807) is 13.2 Å². The molecule has 2 aromatic rings. The molecule has 1 heterocycles. The quantitative estimate of drug-likeness (QED) is 0.752. The van der Waals surface area contributed by atoms with E-state index >= 15 is 0 Å². The van der Waals surface area contributed by atoms with E-state index in [0.717, 1.165) is 11.8 Å². The topological polar surface area (TPSA) is 77.8 Å². The Kier molecular flexibility index (Phi) is 6.37. The molecule has 0 spiro atoms. The van der Waals surface area contributed by atoms with Gasteiger partial charge in [0, 0.05) is 24.6 Å². The van der Waals surface area contributed by atoms with Gasteiger partial charge >= 0.3 is 5.97 Å². The van der Waals surface area contributed by atoms with Crippen LogP contribution in [0, 0.1) is 5.92 Å². The maximum Gasteiger partial charge on any atom is 0.375 e. The SMILES string of the molecule is COCc1c(C(=O)OCC(=O)NCCC(C)C)oc2ccccc12. The Balaban J connectivity index is 2.00. The molecule has 0 aliphatic carbocycles. The molecule has 0 saturated heterocycles. The van der Waals surface area contributed by atoms with E-state index in [0.29, 0.717) is 23.6 Å². The number of carbonyl (C=O) groups is 2. The number of rotatable bonds is 8. The molecule has 6 heteroatoms. The number of para-hydroxylation sites is 1. The van der Waals surface area contributed by atoms with Gasteiger partial charge in [-0.1, -0.05) is 32.0 Å². The van der Waals surface area contributed by atoms with Gasteiger partial charge in [0.25, 0.3) is 5.91 Å². The van der Waals surface area contributed by atoms with Crippen molar-refractivity contribution in [3.05, 3.63) is 35.6 Å². The lowest BCUT2D eigenvalue weighted by Crippen LogP contribution is -2.30. The van der Waals surface area contributed by atoms with Crippen LogP contribution in [0.2, 0.25) is 0 Å². The van der Waals surface area contributed by atoms with Crippen molar-refractivity contribution < 1.29 is 23.5 Å². The second-order valence-electron chi connectivity index (χ2n) is 5.95. The first-order valence-electron chi connectivity index (χ1n) is 7.96. The summed E-state index contributed by atoms with van der Waals surface area (Å²) in [5.74, 6) is -0.418. The van der Waals surface area contributed by atoms with Crippen LogP contribution < -0.4 is 5.32 Å². The zero-order chi connectivity index (χ0) is 17.5. The lowest BCUT2D eigenvalue weighted by molar-refractivity contribution is -0.124. The van der Waals surface area contributed by atoms with Crippen LogP contribution in [0.1, 0.15) is 36.4 Å². The summed E-state index contributed by atoms with van der Waals surface area (Å²) in [6.45, 7) is 4.60. The standard InChI is InChI=1S/C18H23NO5/c1-12(2)8-9-19-16(20)11-23-18(21)17-14(10-22-3)13-6-4-5-7-15(13)24-17/h4-7,12H,8-11H2,1-3H3,(H,19,20). The zero-order valence-electron chi connectivity index (χ0n) is 14.3. The maximum absolute atomic E-state index is 12.2. The van der Waals surface area contributed by atoms with Gasteiger partial charge in [-0.05, 0) is 18.4 Å². The fourth-order valence-electron chi connectivity index (χ4n) is 2.30. The minimum absolute atomic E-state index is 0.0769. The number of benzene rings is 1. The highest BCUT2D eigenvalue weighted by Gasteiger charge is 2.22. The van der Waals surface area contributed by atoms with E-state index in [9.17, 15) is 9.59 Å². The van der Waals surface area contributed by atoms with Crippen LogP contribution in [-0.4, -0.2) is 32.1 Å². The Hall–Kier alpha value is -2.34. The van der Waals surface area contributed by atoms with E-state index in [4.69, 9.17) is 13.9 Å². The Bertz CT molecular complexity index is 704. The number of hydrogen-bond acceptors (Lipinski definition) is 5. The van der Waals surface area contributed by atoms with Crippen LogP contribution in [0.3, 0.4) is 0 Å². The van der Waals surface area contributed by atoms with Crippen LogP contribution in [0.4, 0.5) is 0 Å². The van der Waals surface area contributed by atoms with E-state index < -0.39 is 5.97 Å². The first kappa shape index (κ1) is 18.0. The van der Waals surface area contributed by atoms with Gasteiger partial charge in [0.1, 0.15) is 5.58 Å². The minimum Gasteiger partial charge on any atom is -0.450 e. The van der Waals surface area contributed by atoms with Crippen molar-refractivity contribution in [3.63, 3.8) is 0 Å². The summed E-state index contributed by atoms with van der Waals surface area (Å²) >= 11 is 0. The molecule has 1 amide bonds. The molecule has 0 bridgehead atoms. The first-order chi connectivity index (χ1) is 11.5. The van der Waals surface area contributed by atoms with E-state index in [-0.39, 0.29) is 24.9 Å². The lowest BCUT2D eigenvalue weighted by Gasteiger charge is -2.07. The van der Waals surface area contributed by atoms with E-state index in [1.807, 2.05) is 18.2 Å². The fraction of sp³-hybridized carbons (Fsp3) is 0.444. The third kappa shape index (κ3) is 4.58. The predicted octanol–water partition coefficient (Wildman–Crippen LogP) is 2.90. The molecule has 0 aliphatic heterocycles. The Morgan fingerprint density at radius 3 is 2.71 bits per heavy atom. The average molecular weight is 333 g/mol. The van der Waals surface area contributed by atoms with Gasteiger partial charge in [-0.25, -0.2) is 4.79 Å². The van der Waals surface area contributed by atoms with Crippen molar-refractivity contribution in [3.8, 4) is 0 Å². The monoisotopic (exact) mass is 333 g/mol. The molecule has 0 fully saturated rings. The van der Waals surface area contributed by atoms with Gasteiger partial charge in [-0.3, -0.25) is 4.79 Å². The Morgan fingerprint density at radius 1 is 1.25 bits per heavy atom. The fourth-order valence-corrected chi connectivity index (χ4v) is 2.30. The number of esters is 1. The Morgan fingerprint density at radius 2 is 2.00 bits per heavy atom. The molecule has 130 valence electrons. The summed E-state index contributed by atoms with van der Waals surface area (Å²) in [6.07, 6.45) is 0.876. The summed E-state index contributed by atoms with van der Waals surface area (Å²) < 4.78 is 15.8. The molecule has 0 atom stereocenters. The smallest absolute Gasteiger partial charge is 0.375 e. The molecule has 0 radical (unpaired) electrons. The number of carbonyl (C=O) groups excluding carboxylic acids is 2. The van der Waals surface area contributed by atoms with Crippen molar-refractivity contribution in [2.45, 2.75) is 26.9 Å². The number of methoxy groups -OCH3 is 1. The van der Waals surface area contributed by atoms with Crippen molar-refractivity contribution in [1.29, 1.82) is 0 Å². The van der Waals surface area contributed by atoms with Gasteiger partial charge in [-0.2, -0.15) is 0 Å². The number of furan rings is 1. The van der Waals surface area contributed by atoms with Crippen molar-refractivity contribution >= 4 is 22.8 Å². The molecule has 0 unspecified atom stereocenters. The second-order valence-corrected chi connectivity index (χ2v) is 5.95. The lowest BCUT2D eigenvalue weighted by atomic mass is 10.1. The van der Waals surface area contributed by atoms with Crippen molar-refractivity contribution in [2.75, 3.05) is 20.3 Å². The van der Waals surface area contributed by atoms with Gasteiger partial charge in [0.2, 0.25) is 5.76 Å². The number of ether oxygens (including phenoxy) is 2. The molecular weight excluding hydrogens is 310 g/mol. The molecule has 1 aromatic carbocycles. The van der Waals surface area contributed by atoms with Gasteiger partial charge < -0.3 is 19.2 Å². The van der Waals surface area contributed by atoms with E-state index in [2.05, 4.69) is 19.2 Å². The minimum atomic E-state index is -0.669. The van der Waals surface area contributed by atoms with Crippen molar-refractivity contribution in [2.24, 2.45) is 5.92 Å². The molecule has 2 rings (SSSR count). The number of fused-ring (bicyclic) bond motifs is 1. The summed E-state index contributed by atoms with van der Waals surface area (Å²) in [4.78, 5) is 23.9. The molecule has 6 nitrogen and oxygen atoms in total. The number of amides is 1. The molecule has 24 heavy (non-hydrogen) atoms. The summed E-state index contributed by atoms with van der Waals surface area (Å²) in [7, 11) is 1.54. The highest BCUT2D eigenvalue weighted by Crippen LogP contribution is 2.27. The van der Waals surface area contributed by atoms with Crippen LogP contribution in [0.25, 0.3) is 11.0 Å².